The summed E-state index contributed by atoms with van der Waals surface area (Å²) in [5, 5.41) is 9.49. The fourth-order valence-corrected chi connectivity index (χ4v) is 3.89. The molecule has 24 heavy (non-hydrogen) atoms. The molecule has 0 unspecified atom stereocenters. The number of hydrogen-bond acceptors (Lipinski definition) is 4. The highest BCUT2D eigenvalue weighted by molar-refractivity contribution is 8.09. The Morgan fingerprint density at radius 1 is 1.25 bits per heavy atom. The van der Waals surface area contributed by atoms with Gasteiger partial charge in [-0.3, -0.25) is 4.79 Å². The van der Waals surface area contributed by atoms with Gasteiger partial charge in [-0.05, 0) is 36.4 Å². The van der Waals surface area contributed by atoms with E-state index in [1.807, 2.05) is 24.3 Å². The first-order valence-corrected chi connectivity index (χ1v) is 8.70. The molecule has 0 amide bonds. The second-order valence-electron chi connectivity index (χ2n) is 4.84. The number of aliphatic carboxylic acids is 1. The lowest BCUT2D eigenvalue weighted by Crippen LogP contribution is -1.98. The van der Waals surface area contributed by atoms with Crippen molar-refractivity contribution in [1.29, 1.82) is 0 Å². The van der Waals surface area contributed by atoms with Crippen LogP contribution in [0.4, 0.5) is 8.78 Å². The summed E-state index contributed by atoms with van der Waals surface area (Å²) in [4.78, 5) is 15.8. The van der Waals surface area contributed by atoms with Crippen molar-refractivity contribution in [1.82, 2.24) is 4.98 Å². The number of hydrogen-bond donors (Lipinski definition) is 1. The normalized spacial score (nSPS) is 11.8. The lowest BCUT2D eigenvalue weighted by molar-refractivity contribution is -0.133. The molecule has 0 radical (unpaired) electrons. The number of fused-ring (bicyclic) bond motifs is 1. The molecule has 7 heteroatoms. The van der Waals surface area contributed by atoms with Gasteiger partial charge in [-0.15, -0.1) is 23.1 Å². The van der Waals surface area contributed by atoms with Crippen LogP contribution in [0.2, 0.25) is 0 Å². The molecular formula is C17H11F2NO2S2. The highest BCUT2D eigenvalue weighted by atomic mass is 32.2. The number of nitrogens with zero attached hydrogens (tertiary/aromatic N) is 1. The standard InChI is InChI=1S/C17H11F2NO2S2/c18-11-5-6-12(19)10(7-11)8-15(23-9-16(21)22)17-20-13-3-1-2-4-14(13)24-17/h1-8H,9H2,(H,21,22)/b15-8-. The molecule has 0 fully saturated rings. The topological polar surface area (TPSA) is 50.2 Å². The van der Waals surface area contributed by atoms with E-state index in [9.17, 15) is 13.6 Å². The fraction of sp³-hybridized carbons (Fsp3) is 0.0588. The van der Waals surface area contributed by atoms with Crippen molar-refractivity contribution in [3.8, 4) is 0 Å². The van der Waals surface area contributed by atoms with E-state index in [1.54, 1.807) is 0 Å². The van der Waals surface area contributed by atoms with Crippen LogP contribution in [0, 0.1) is 11.6 Å². The van der Waals surface area contributed by atoms with E-state index >= 15 is 0 Å². The molecule has 0 aliphatic heterocycles. The van der Waals surface area contributed by atoms with Crippen LogP contribution in [0.3, 0.4) is 0 Å². The Bertz CT molecular complexity index is 904. The molecule has 2 aromatic carbocycles. The maximum absolute atomic E-state index is 13.9. The maximum Gasteiger partial charge on any atom is 0.313 e. The molecule has 1 heterocycles. The van der Waals surface area contributed by atoms with Crippen LogP contribution in [-0.2, 0) is 4.79 Å². The van der Waals surface area contributed by atoms with Crippen LogP contribution >= 0.6 is 23.1 Å². The smallest absolute Gasteiger partial charge is 0.313 e. The van der Waals surface area contributed by atoms with E-state index in [0.717, 1.165) is 40.2 Å². The van der Waals surface area contributed by atoms with Crippen molar-refractivity contribution in [3.05, 3.63) is 64.7 Å². The van der Waals surface area contributed by atoms with Crippen LogP contribution in [-0.4, -0.2) is 21.8 Å². The van der Waals surface area contributed by atoms with Gasteiger partial charge in [0.2, 0.25) is 0 Å². The van der Waals surface area contributed by atoms with Crippen LogP contribution in [0.15, 0.2) is 42.5 Å². The average molecular weight is 363 g/mol. The molecule has 0 aliphatic carbocycles. The average Bonchev–Trinajstić information content (AvgIpc) is 2.98. The number of aromatic nitrogens is 1. The monoisotopic (exact) mass is 363 g/mol. The quantitative estimate of drug-likeness (QED) is 0.701. The van der Waals surface area contributed by atoms with Gasteiger partial charge in [0.25, 0.3) is 0 Å². The first-order chi connectivity index (χ1) is 11.5. The zero-order chi connectivity index (χ0) is 17.1. The van der Waals surface area contributed by atoms with Gasteiger partial charge < -0.3 is 5.11 Å². The van der Waals surface area contributed by atoms with E-state index in [-0.39, 0.29) is 11.3 Å². The van der Waals surface area contributed by atoms with Crippen molar-refractivity contribution in [2.45, 2.75) is 0 Å². The molecular weight excluding hydrogens is 352 g/mol. The zero-order valence-electron chi connectivity index (χ0n) is 12.2. The fourth-order valence-electron chi connectivity index (χ4n) is 2.05. The Hall–Kier alpha value is -2.25. The van der Waals surface area contributed by atoms with Crippen LogP contribution in [0.1, 0.15) is 10.6 Å². The number of rotatable bonds is 5. The van der Waals surface area contributed by atoms with Gasteiger partial charge in [0.1, 0.15) is 16.6 Å². The minimum atomic E-state index is -0.994. The molecule has 3 nitrogen and oxygen atoms in total. The van der Waals surface area contributed by atoms with Crippen molar-refractivity contribution >= 4 is 50.3 Å². The Morgan fingerprint density at radius 3 is 2.79 bits per heavy atom. The summed E-state index contributed by atoms with van der Waals surface area (Å²) < 4.78 is 28.2. The summed E-state index contributed by atoms with van der Waals surface area (Å²) in [7, 11) is 0. The molecule has 3 aromatic rings. The first kappa shape index (κ1) is 16.6. The lowest BCUT2D eigenvalue weighted by atomic mass is 10.2. The summed E-state index contributed by atoms with van der Waals surface area (Å²) in [5.74, 6) is -2.33. The molecule has 0 saturated heterocycles. The van der Waals surface area contributed by atoms with Crippen LogP contribution in [0.25, 0.3) is 21.2 Å². The zero-order valence-corrected chi connectivity index (χ0v) is 13.8. The van der Waals surface area contributed by atoms with Gasteiger partial charge in [-0.2, -0.15) is 0 Å². The second-order valence-corrected chi connectivity index (χ2v) is 6.89. The minimum absolute atomic E-state index is 0.0575. The Kier molecular flexibility index (Phi) is 4.92. The van der Waals surface area contributed by atoms with Gasteiger partial charge in [-0.1, -0.05) is 12.1 Å². The van der Waals surface area contributed by atoms with Crippen molar-refractivity contribution < 1.29 is 18.7 Å². The van der Waals surface area contributed by atoms with Gasteiger partial charge in [0.05, 0.1) is 16.0 Å². The maximum atomic E-state index is 13.9. The first-order valence-electron chi connectivity index (χ1n) is 6.90. The van der Waals surface area contributed by atoms with E-state index in [0.29, 0.717) is 9.91 Å². The van der Waals surface area contributed by atoms with E-state index in [1.165, 1.54) is 17.4 Å². The third kappa shape index (κ3) is 3.80. The van der Waals surface area contributed by atoms with Crippen molar-refractivity contribution in [2.24, 2.45) is 0 Å². The number of benzene rings is 2. The number of carboxylic acid groups (broad SMARTS) is 1. The summed E-state index contributed by atoms with van der Waals surface area (Å²) in [6.07, 6.45) is 1.43. The molecule has 0 atom stereocenters. The SMILES string of the molecule is O=C(O)CS/C(=C\c1cc(F)ccc1F)c1nc2ccccc2s1. The van der Waals surface area contributed by atoms with Crippen LogP contribution < -0.4 is 0 Å². The number of para-hydroxylation sites is 1. The number of carbonyl (C=O) groups is 1. The van der Waals surface area contributed by atoms with E-state index in [2.05, 4.69) is 4.98 Å². The predicted molar refractivity (Wildman–Crippen MR) is 93.9 cm³/mol. The third-order valence-corrected chi connectivity index (χ3v) is 5.31. The largest absolute Gasteiger partial charge is 0.481 e. The summed E-state index contributed by atoms with van der Waals surface area (Å²) in [5.41, 5.74) is 0.834. The molecule has 0 spiro atoms. The van der Waals surface area contributed by atoms with Gasteiger partial charge in [-0.25, -0.2) is 13.8 Å². The molecule has 1 aromatic heterocycles. The number of carboxylic acids is 1. The van der Waals surface area contributed by atoms with Crippen LogP contribution in [0.5, 0.6) is 0 Å². The van der Waals surface area contributed by atoms with Crippen molar-refractivity contribution in [2.75, 3.05) is 5.75 Å². The summed E-state index contributed by atoms with van der Waals surface area (Å²) in [6.45, 7) is 0. The van der Waals surface area contributed by atoms with Gasteiger partial charge in [0.15, 0.2) is 0 Å². The Labute approximate surface area is 144 Å². The molecule has 0 bridgehead atoms. The van der Waals surface area contributed by atoms with Gasteiger partial charge >= 0.3 is 5.97 Å². The predicted octanol–water partition coefficient (Wildman–Crippen LogP) is 4.89. The molecule has 3 rings (SSSR count). The second kappa shape index (κ2) is 7.11. The lowest BCUT2D eigenvalue weighted by Gasteiger charge is -2.04. The van der Waals surface area contributed by atoms with E-state index < -0.39 is 17.6 Å². The minimum Gasteiger partial charge on any atom is -0.481 e. The molecule has 1 N–H and O–H groups in total. The highest BCUT2D eigenvalue weighted by Gasteiger charge is 2.13. The molecule has 0 aliphatic rings. The Morgan fingerprint density at radius 2 is 2.04 bits per heavy atom. The summed E-state index contributed by atoms with van der Waals surface area (Å²) >= 11 is 2.40. The van der Waals surface area contributed by atoms with Crippen molar-refractivity contribution in [3.63, 3.8) is 0 Å². The molecule has 0 saturated carbocycles. The van der Waals surface area contributed by atoms with E-state index in [4.69, 9.17) is 5.11 Å². The third-order valence-electron chi connectivity index (χ3n) is 3.10. The molecule has 122 valence electrons. The number of thioether (sulfide) groups is 1. The number of halogens is 2. The van der Waals surface area contributed by atoms with Gasteiger partial charge in [0, 0.05) is 10.5 Å². The number of thiazole rings is 1. The highest BCUT2D eigenvalue weighted by Crippen LogP contribution is 2.35. The Balaban J connectivity index is 2.06. The summed E-state index contributed by atoms with van der Waals surface area (Å²) in [6, 6.07) is 10.6.